The van der Waals surface area contributed by atoms with Crippen molar-refractivity contribution in [2.45, 2.75) is 30.5 Å². The van der Waals surface area contributed by atoms with Crippen molar-refractivity contribution in [3.05, 3.63) is 73.2 Å². The normalized spacial score (nSPS) is 12.4. The van der Waals surface area contributed by atoms with Gasteiger partial charge < -0.3 is 4.57 Å². The second-order valence-electron chi connectivity index (χ2n) is 6.33. The van der Waals surface area contributed by atoms with Crippen LogP contribution in [0.1, 0.15) is 20.3 Å². The second-order valence-corrected chi connectivity index (χ2v) is 7.76. The molecule has 0 saturated heterocycles. The molecule has 4 rings (SSSR count). The Labute approximate surface area is 158 Å². The first-order chi connectivity index (χ1) is 12.8. The van der Waals surface area contributed by atoms with E-state index in [0.29, 0.717) is 5.25 Å². The van der Waals surface area contributed by atoms with Crippen molar-refractivity contribution in [3.63, 3.8) is 0 Å². The third-order valence-electron chi connectivity index (χ3n) is 4.56. The summed E-state index contributed by atoms with van der Waals surface area (Å²) in [5.74, 6) is 0. The Hall–Kier alpha value is -2.59. The summed E-state index contributed by atoms with van der Waals surface area (Å²) in [6.45, 7) is 4.46. The number of benzene rings is 2. The van der Waals surface area contributed by atoms with Crippen molar-refractivity contribution in [2.24, 2.45) is 0 Å². The lowest BCUT2D eigenvalue weighted by atomic mass is 10.1. The molecule has 0 bridgehead atoms. The Morgan fingerprint density at radius 3 is 2.35 bits per heavy atom. The number of thioether (sulfide) groups is 1. The molecule has 0 unspecified atom stereocenters. The molecule has 4 aromatic rings. The van der Waals surface area contributed by atoms with E-state index >= 15 is 0 Å². The molecule has 0 radical (unpaired) electrons. The first kappa shape index (κ1) is 16.9. The fourth-order valence-corrected chi connectivity index (χ4v) is 3.99. The number of nitrogens with zero attached hydrogens (tertiary/aromatic N) is 3. The monoisotopic (exact) mass is 359 g/mol. The quantitative estimate of drug-likeness (QED) is 0.324. The van der Waals surface area contributed by atoms with E-state index < -0.39 is 0 Å². The van der Waals surface area contributed by atoms with E-state index in [1.807, 2.05) is 23.9 Å². The number of rotatable bonds is 5. The van der Waals surface area contributed by atoms with Crippen LogP contribution < -0.4 is 0 Å². The van der Waals surface area contributed by atoms with E-state index in [2.05, 4.69) is 83.1 Å². The molecule has 0 aliphatic heterocycles. The summed E-state index contributed by atoms with van der Waals surface area (Å²) in [6.07, 6.45) is 4.97. The van der Waals surface area contributed by atoms with Crippen LogP contribution in [0.2, 0.25) is 0 Å². The van der Waals surface area contributed by atoms with Crippen LogP contribution in [0.15, 0.2) is 78.2 Å². The number of aromatic nitrogens is 3. The largest absolute Gasteiger partial charge is 0.301 e. The first-order valence-electron chi connectivity index (χ1n) is 8.91. The van der Waals surface area contributed by atoms with Crippen molar-refractivity contribution in [1.82, 2.24) is 14.5 Å². The maximum atomic E-state index is 4.64. The van der Waals surface area contributed by atoms with Gasteiger partial charge in [0.25, 0.3) is 0 Å². The summed E-state index contributed by atoms with van der Waals surface area (Å²) in [6, 6.07) is 20.9. The summed E-state index contributed by atoms with van der Waals surface area (Å²) in [7, 11) is 0. The van der Waals surface area contributed by atoms with Crippen molar-refractivity contribution in [2.75, 3.05) is 0 Å². The number of hydrogen-bond donors (Lipinski definition) is 0. The van der Waals surface area contributed by atoms with Crippen LogP contribution in [0.25, 0.3) is 27.8 Å². The maximum absolute atomic E-state index is 4.64. The van der Waals surface area contributed by atoms with Crippen molar-refractivity contribution in [3.8, 4) is 16.8 Å². The van der Waals surface area contributed by atoms with Crippen LogP contribution in [0.5, 0.6) is 0 Å². The minimum atomic E-state index is 0.511. The van der Waals surface area contributed by atoms with E-state index in [1.165, 1.54) is 11.1 Å². The minimum absolute atomic E-state index is 0.511. The van der Waals surface area contributed by atoms with Gasteiger partial charge in [-0.15, -0.1) is 11.8 Å². The third-order valence-corrected chi connectivity index (χ3v) is 5.82. The Morgan fingerprint density at radius 2 is 1.65 bits per heavy atom. The van der Waals surface area contributed by atoms with Crippen molar-refractivity contribution in [1.29, 1.82) is 0 Å². The lowest BCUT2D eigenvalue weighted by Crippen LogP contribution is -1.97. The van der Waals surface area contributed by atoms with Gasteiger partial charge in [-0.3, -0.25) is 0 Å². The molecule has 3 nitrogen and oxygen atoms in total. The average molecular weight is 359 g/mol. The molecule has 0 fully saturated rings. The first-order valence-corrected chi connectivity index (χ1v) is 9.79. The molecule has 2 aromatic heterocycles. The molecular weight excluding hydrogens is 338 g/mol. The smallest absolute Gasteiger partial charge is 0.149 e. The van der Waals surface area contributed by atoms with Crippen molar-refractivity contribution >= 4 is 22.8 Å². The van der Waals surface area contributed by atoms with Gasteiger partial charge in [0.15, 0.2) is 0 Å². The van der Waals surface area contributed by atoms with Crippen LogP contribution in [0.4, 0.5) is 0 Å². The van der Waals surface area contributed by atoms with Gasteiger partial charge in [-0.25, -0.2) is 9.97 Å². The van der Waals surface area contributed by atoms with Crippen molar-refractivity contribution < 1.29 is 0 Å². The Morgan fingerprint density at radius 1 is 0.962 bits per heavy atom. The Balaban J connectivity index is 1.99. The van der Waals surface area contributed by atoms with E-state index in [-0.39, 0.29) is 0 Å². The molecule has 0 saturated carbocycles. The highest BCUT2D eigenvalue weighted by atomic mass is 32.2. The summed E-state index contributed by atoms with van der Waals surface area (Å²) in [5, 5.41) is 2.70. The SMILES string of the molecule is CC[C@H](C)Sc1ncnc2c1c(-c1ccccc1)cn2-c1ccccc1. The van der Waals surface area contributed by atoms with E-state index in [1.54, 1.807) is 6.33 Å². The molecule has 0 N–H and O–H groups in total. The van der Waals surface area contributed by atoms with Gasteiger partial charge in [0.05, 0.1) is 5.39 Å². The molecule has 0 amide bonds. The summed E-state index contributed by atoms with van der Waals surface area (Å²) < 4.78 is 2.17. The molecule has 26 heavy (non-hydrogen) atoms. The van der Waals surface area contributed by atoms with Gasteiger partial charge in [0.2, 0.25) is 0 Å². The van der Waals surface area contributed by atoms with Crippen LogP contribution in [0, 0.1) is 0 Å². The lowest BCUT2D eigenvalue weighted by molar-refractivity contribution is 0.901. The van der Waals surface area contributed by atoms with E-state index in [4.69, 9.17) is 0 Å². The fourth-order valence-electron chi connectivity index (χ4n) is 3.02. The van der Waals surface area contributed by atoms with Gasteiger partial charge in [0, 0.05) is 22.7 Å². The number of para-hydroxylation sites is 1. The molecule has 1 atom stereocenters. The zero-order valence-corrected chi connectivity index (χ0v) is 15.8. The highest BCUT2D eigenvalue weighted by molar-refractivity contribution is 8.00. The van der Waals surface area contributed by atoms with Gasteiger partial charge in [0.1, 0.15) is 17.0 Å². The zero-order chi connectivity index (χ0) is 17.9. The zero-order valence-electron chi connectivity index (χ0n) is 15.0. The fraction of sp³-hybridized carbons (Fsp3) is 0.182. The molecule has 0 spiro atoms. The molecule has 2 heterocycles. The molecule has 2 aromatic carbocycles. The number of hydrogen-bond acceptors (Lipinski definition) is 3. The molecule has 0 aliphatic carbocycles. The van der Waals surface area contributed by atoms with Gasteiger partial charge in [-0.1, -0.05) is 62.4 Å². The maximum Gasteiger partial charge on any atom is 0.149 e. The molecule has 0 aliphatic rings. The standard InChI is InChI=1S/C22H21N3S/c1-3-16(2)26-22-20-19(17-10-6-4-7-11-17)14-25(21(20)23-15-24-22)18-12-8-5-9-13-18/h4-16H,3H2,1-2H3/t16-/m0/s1. The summed E-state index contributed by atoms with van der Waals surface area (Å²) in [5.41, 5.74) is 4.43. The van der Waals surface area contributed by atoms with E-state index in [0.717, 1.165) is 28.2 Å². The van der Waals surface area contributed by atoms with Crippen LogP contribution in [0.3, 0.4) is 0 Å². The summed E-state index contributed by atoms with van der Waals surface area (Å²) >= 11 is 1.83. The topological polar surface area (TPSA) is 30.7 Å². The Bertz CT molecular complexity index is 1010. The highest BCUT2D eigenvalue weighted by Crippen LogP contribution is 2.38. The lowest BCUT2D eigenvalue weighted by Gasteiger charge is -2.09. The number of fused-ring (bicyclic) bond motifs is 1. The van der Waals surface area contributed by atoms with E-state index in [9.17, 15) is 0 Å². The summed E-state index contributed by atoms with van der Waals surface area (Å²) in [4.78, 5) is 9.26. The molecule has 130 valence electrons. The molecular formula is C22H21N3S. The predicted octanol–water partition coefficient (Wildman–Crippen LogP) is 5.98. The average Bonchev–Trinajstić information content (AvgIpc) is 3.10. The molecule has 4 heteroatoms. The highest BCUT2D eigenvalue weighted by Gasteiger charge is 2.18. The predicted molar refractivity (Wildman–Crippen MR) is 110 cm³/mol. The van der Waals surface area contributed by atoms with Gasteiger partial charge in [-0.05, 0) is 24.1 Å². The second kappa shape index (κ2) is 7.34. The van der Waals surface area contributed by atoms with Gasteiger partial charge in [-0.2, -0.15) is 0 Å². The Kier molecular flexibility index (Phi) is 4.76. The van der Waals surface area contributed by atoms with Gasteiger partial charge >= 0.3 is 0 Å². The van der Waals surface area contributed by atoms with Crippen LogP contribution >= 0.6 is 11.8 Å². The minimum Gasteiger partial charge on any atom is -0.301 e. The van der Waals surface area contributed by atoms with Crippen LogP contribution in [-0.2, 0) is 0 Å². The van der Waals surface area contributed by atoms with Crippen LogP contribution in [-0.4, -0.2) is 19.8 Å². The third kappa shape index (κ3) is 3.13.